The van der Waals surface area contributed by atoms with Crippen LogP contribution >= 0.6 is 11.3 Å². The van der Waals surface area contributed by atoms with Gasteiger partial charge in [-0.15, -0.1) is 11.3 Å². The fraction of sp³-hybridized carbons (Fsp3) is 0.214. The quantitative estimate of drug-likeness (QED) is 0.905. The molecule has 1 aliphatic heterocycles. The van der Waals surface area contributed by atoms with Crippen LogP contribution in [0.5, 0.6) is 0 Å². The van der Waals surface area contributed by atoms with Crippen LogP contribution in [0.25, 0.3) is 0 Å². The summed E-state index contributed by atoms with van der Waals surface area (Å²) in [7, 11) is 0. The number of nitrogens with one attached hydrogen (secondary N) is 2. The number of carbonyl (C=O) groups is 2. The molecule has 0 bridgehead atoms. The first-order chi connectivity index (χ1) is 9.61. The average molecular weight is 287 g/mol. The molecule has 1 aliphatic rings. The monoisotopic (exact) mass is 287 g/mol. The Morgan fingerprint density at radius 3 is 3.10 bits per heavy atom. The van der Waals surface area contributed by atoms with E-state index in [0.717, 1.165) is 22.0 Å². The van der Waals surface area contributed by atoms with Crippen LogP contribution < -0.4 is 10.6 Å². The van der Waals surface area contributed by atoms with E-state index >= 15 is 0 Å². The van der Waals surface area contributed by atoms with Gasteiger partial charge in [0.1, 0.15) is 5.01 Å². The van der Waals surface area contributed by atoms with E-state index in [1.54, 1.807) is 12.1 Å². The Labute approximate surface area is 120 Å². The zero-order valence-electron chi connectivity index (χ0n) is 10.9. The summed E-state index contributed by atoms with van der Waals surface area (Å²) < 4.78 is 0. The minimum atomic E-state index is -0.165. The highest BCUT2D eigenvalue weighted by Gasteiger charge is 2.19. The van der Waals surface area contributed by atoms with Gasteiger partial charge in [0.25, 0.3) is 5.91 Å². The van der Waals surface area contributed by atoms with Gasteiger partial charge in [0.15, 0.2) is 0 Å². The number of benzene rings is 1. The third-order valence-electron chi connectivity index (χ3n) is 3.06. The first-order valence-corrected chi connectivity index (χ1v) is 7.12. The molecule has 0 saturated carbocycles. The molecule has 2 amide bonds. The molecule has 20 heavy (non-hydrogen) atoms. The number of carbonyl (C=O) groups excluding carboxylic acids is 2. The van der Waals surface area contributed by atoms with Gasteiger partial charge in [0.2, 0.25) is 5.91 Å². The predicted molar refractivity (Wildman–Crippen MR) is 76.8 cm³/mol. The smallest absolute Gasteiger partial charge is 0.251 e. The number of rotatable bonds is 3. The van der Waals surface area contributed by atoms with E-state index in [2.05, 4.69) is 15.6 Å². The van der Waals surface area contributed by atoms with Crippen molar-refractivity contribution in [3.05, 3.63) is 45.4 Å². The van der Waals surface area contributed by atoms with Crippen LogP contribution in [0.15, 0.2) is 23.6 Å². The Kier molecular flexibility index (Phi) is 3.23. The molecule has 3 rings (SSSR count). The standard InChI is InChI=1S/C14H13N3O2S/c1-8-7-20-13(16-8)6-15-14(19)10-3-2-9-5-12(18)17-11(9)4-10/h2-4,7H,5-6H2,1H3,(H,15,19)(H,17,18). The van der Waals surface area contributed by atoms with Crippen molar-refractivity contribution >= 4 is 28.8 Å². The molecule has 102 valence electrons. The molecule has 0 fully saturated rings. The van der Waals surface area contributed by atoms with Crippen molar-refractivity contribution in [3.63, 3.8) is 0 Å². The predicted octanol–water partition coefficient (Wildman–Crippen LogP) is 1.88. The number of fused-ring (bicyclic) bond motifs is 1. The largest absolute Gasteiger partial charge is 0.346 e. The number of aromatic nitrogens is 1. The summed E-state index contributed by atoms with van der Waals surface area (Å²) in [6.07, 6.45) is 0.385. The van der Waals surface area contributed by atoms with Crippen molar-refractivity contribution in [3.8, 4) is 0 Å². The third-order valence-corrected chi connectivity index (χ3v) is 4.03. The fourth-order valence-corrected chi connectivity index (χ4v) is 2.81. The second-order valence-electron chi connectivity index (χ2n) is 4.66. The van der Waals surface area contributed by atoms with Gasteiger partial charge in [0.05, 0.1) is 13.0 Å². The highest BCUT2D eigenvalue weighted by molar-refractivity contribution is 7.09. The topological polar surface area (TPSA) is 71.1 Å². The number of hydrogen-bond donors (Lipinski definition) is 2. The van der Waals surface area contributed by atoms with Crippen LogP contribution in [0, 0.1) is 6.92 Å². The molecule has 5 nitrogen and oxygen atoms in total. The van der Waals surface area contributed by atoms with Gasteiger partial charge in [-0.05, 0) is 24.6 Å². The van der Waals surface area contributed by atoms with Crippen molar-refractivity contribution in [1.29, 1.82) is 0 Å². The molecule has 0 radical (unpaired) electrons. The van der Waals surface area contributed by atoms with E-state index < -0.39 is 0 Å². The van der Waals surface area contributed by atoms with Gasteiger partial charge in [-0.25, -0.2) is 4.98 Å². The van der Waals surface area contributed by atoms with Crippen LogP contribution in [0.1, 0.15) is 26.6 Å². The molecule has 0 aliphatic carbocycles. The summed E-state index contributed by atoms with van der Waals surface area (Å²) in [5.41, 5.74) is 3.16. The van der Waals surface area contributed by atoms with Gasteiger partial charge in [-0.2, -0.15) is 0 Å². The lowest BCUT2D eigenvalue weighted by atomic mass is 10.1. The molecule has 0 spiro atoms. The zero-order valence-corrected chi connectivity index (χ0v) is 11.7. The zero-order chi connectivity index (χ0) is 14.1. The normalized spacial score (nSPS) is 12.9. The Balaban J connectivity index is 1.69. The van der Waals surface area contributed by atoms with Gasteiger partial charge in [-0.3, -0.25) is 9.59 Å². The first kappa shape index (κ1) is 12.8. The van der Waals surface area contributed by atoms with E-state index in [9.17, 15) is 9.59 Å². The number of hydrogen-bond acceptors (Lipinski definition) is 4. The number of thiazole rings is 1. The van der Waals surface area contributed by atoms with Crippen LogP contribution in [0.4, 0.5) is 5.69 Å². The van der Waals surface area contributed by atoms with Gasteiger partial charge in [-0.1, -0.05) is 6.07 Å². The summed E-state index contributed by atoms with van der Waals surface area (Å²) in [4.78, 5) is 27.6. The lowest BCUT2D eigenvalue weighted by Gasteiger charge is -2.05. The minimum Gasteiger partial charge on any atom is -0.346 e. The highest BCUT2D eigenvalue weighted by atomic mass is 32.1. The summed E-state index contributed by atoms with van der Waals surface area (Å²) in [6.45, 7) is 2.34. The summed E-state index contributed by atoms with van der Waals surface area (Å²) in [5.74, 6) is -0.197. The summed E-state index contributed by atoms with van der Waals surface area (Å²) in [6, 6.07) is 5.26. The fourth-order valence-electron chi connectivity index (χ4n) is 2.10. The molecule has 1 aromatic heterocycles. The average Bonchev–Trinajstić information content (AvgIpc) is 2.99. The van der Waals surface area contributed by atoms with E-state index in [0.29, 0.717) is 18.5 Å². The van der Waals surface area contributed by atoms with Crippen LogP contribution in [0.3, 0.4) is 0 Å². The summed E-state index contributed by atoms with van der Waals surface area (Å²) >= 11 is 1.52. The Bertz CT molecular complexity index is 693. The molecule has 2 N–H and O–H groups in total. The van der Waals surface area contributed by atoms with E-state index in [4.69, 9.17) is 0 Å². The van der Waals surface area contributed by atoms with E-state index in [1.165, 1.54) is 11.3 Å². The Morgan fingerprint density at radius 2 is 2.35 bits per heavy atom. The van der Waals surface area contributed by atoms with Gasteiger partial charge in [0, 0.05) is 22.3 Å². The maximum atomic E-state index is 12.1. The van der Waals surface area contributed by atoms with Crippen LogP contribution in [-0.4, -0.2) is 16.8 Å². The van der Waals surface area contributed by atoms with Crippen molar-refractivity contribution < 1.29 is 9.59 Å². The lowest BCUT2D eigenvalue weighted by molar-refractivity contribution is -0.115. The number of nitrogens with zero attached hydrogens (tertiary/aromatic N) is 1. The lowest BCUT2D eigenvalue weighted by Crippen LogP contribution is -2.22. The van der Waals surface area contributed by atoms with Crippen LogP contribution in [0.2, 0.25) is 0 Å². The molecule has 0 unspecified atom stereocenters. The van der Waals surface area contributed by atoms with Crippen molar-refractivity contribution in [2.24, 2.45) is 0 Å². The molecular formula is C14H13N3O2S. The maximum absolute atomic E-state index is 12.1. The van der Waals surface area contributed by atoms with Crippen LogP contribution in [-0.2, 0) is 17.8 Å². The molecule has 2 aromatic rings. The first-order valence-electron chi connectivity index (χ1n) is 6.24. The highest BCUT2D eigenvalue weighted by Crippen LogP contribution is 2.24. The van der Waals surface area contributed by atoms with E-state index in [1.807, 2.05) is 18.4 Å². The maximum Gasteiger partial charge on any atom is 0.251 e. The Morgan fingerprint density at radius 1 is 1.50 bits per heavy atom. The third kappa shape index (κ3) is 2.55. The molecule has 1 aromatic carbocycles. The van der Waals surface area contributed by atoms with Gasteiger partial charge >= 0.3 is 0 Å². The SMILES string of the molecule is Cc1csc(CNC(=O)c2ccc3c(c2)NC(=O)C3)n1. The van der Waals surface area contributed by atoms with Crippen molar-refractivity contribution in [1.82, 2.24) is 10.3 Å². The number of aryl methyl sites for hydroxylation is 1. The molecule has 6 heteroatoms. The number of anilines is 1. The second-order valence-corrected chi connectivity index (χ2v) is 5.60. The van der Waals surface area contributed by atoms with Gasteiger partial charge < -0.3 is 10.6 Å². The van der Waals surface area contributed by atoms with Crippen molar-refractivity contribution in [2.45, 2.75) is 19.9 Å². The number of amides is 2. The van der Waals surface area contributed by atoms with Crippen molar-refractivity contribution in [2.75, 3.05) is 5.32 Å². The molecule has 0 saturated heterocycles. The minimum absolute atomic E-state index is 0.0316. The molecular weight excluding hydrogens is 274 g/mol. The van der Waals surface area contributed by atoms with E-state index in [-0.39, 0.29) is 11.8 Å². The Hall–Kier alpha value is -2.21. The molecule has 0 atom stereocenters. The summed E-state index contributed by atoms with van der Waals surface area (Å²) in [5, 5.41) is 8.40. The molecule has 2 heterocycles. The second kappa shape index (κ2) is 5.05.